The largest absolute Gasteiger partial charge is 0.313 e. The molecule has 1 nitrogen and oxygen atoms in total. The molecular formula is C13H17BrClN. The molecule has 0 amide bonds. The fraction of sp³-hybridized carbons (Fsp3) is 0.538. The summed E-state index contributed by atoms with van der Waals surface area (Å²) in [6, 6.07) is 5.99. The molecule has 88 valence electrons. The Morgan fingerprint density at radius 2 is 2.19 bits per heavy atom. The van der Waals surface area contributed by atoms with E-state index in [1.54, 1.807) is 0 Å². The van der Waals surface area contributed by atoms with Crippen LogP contribution in [0.25, 0.3) is 0 Å². The maximum atomic E-state index is 6.11. The van der Waals surface area contributed by atoms with E-state index in [1.165, 1.54) is 31.2 Å². The molecule has 1 fully saturated rings. The van der Waals surface area contributed by atoms with Crippen molar-refractivity contribution in [1.82, 2.24) is 5.32 Å². The predicted octanol–water partition coefficient (Wildman–Crippen LogP) is 4.38. The smallest absolute Gasteiger partial charge is 0.0451 e. The predicted molar refractivity (Wildman–Crippen MR) is 72.8 cm³/mol. The Bertz CT molecular complexity index is 350. The van der Waals surface area contributed by atoms with Gasteiger partial charge in [0.25, 0.3) is 0 Å². The maximum Gasteiger partial charge on any atom is 0.0451 e. The van der Waals surface area contributed by atoms with Gasteiger partial charge in [-0.15, -0.1) is 0 Å². The number of nitrogens with one attached hydrogen (secondary N) is 1. The lowest BCUT2D eigenvalue weighted by molar-refractivity contribution is 0.594. The first-order valence-electron chi connectivity index (χ1n) is 5.90. The Balaban J connectivity index is 1.69. The molecule has 1 aliphatic rings. The van der Waals surface area contributed by atoms with Crippen LogP contribution in [0.5, 0.6) is 0 Å². The van der Waals surface area contributed by atoms with Crippen LogP contribution in [0.1, 0.15) is 31.2 Å². The van der Waals surface area contributed by atoms with Crippen LogP contribution in [-0.4, -0.2) is 6.54 Å². The molecule has 0 atom stereocenters. The second kappa shape index (κ2) is 6.04. The highest BCUT2D eigenvalue weighted by Crippen LogP contribution is 2.33. The molecule has 0 heterocycles. The molecule has 1 aromatic rings. The molecule has 1 aromatic carbocycles. The van der Waals surface area contributed by atoms with Gasteiger partial charge in [-0.3, -0.25) is 0 Å². The summed E-state index contributed by atoms with van der Waals surface area (Å²) in [6.45, 7) is 1.96. The summed E-state index contributed by atoms with van der Waals surface area (Å²) in [6.07, 6.45) is 5.59. The van der Waals surface area contributed by atoms with Crippen LogP contribution >= 0.6 is 27.5 Å². The highest BCUT2D eigenvalue weighted by Gasteiger charge is 2.19. The first kappa shape index (κ1) is 12.4. The van der Waals surface area contributed by atoms with Gasteiger partial charge in [-0.05, 0) is 49.1 Å². The first-order valence-corrected chi connectivity index (χ1v) is 7.07. The van der Waals surface area contributed by atoms with E-state index in [0.29, 0.717) is 0 Å². The van der Waals surface area contributed by atoms with Crippen LogP contribution in [0.2, 0.25) is 5.02 Å². The Labute approximate surface area is 111 Å². The third kappa shape index (κ3) is 4.08. The van der Waals surface area contributed by atoms with E-state index in [2.05, 4.69) is 27.3 Å². The molecule has 3 heteroatoms. The van der Waals surface area contributed by atoms with E-state index in [9.17, 15) is 0 Å². The van der Waals surface area contributed by atoms with Gasteiger partial charge < -0.3 is 5.32 Å². The summed E-state index contributed by atoms with van der Waals surface area (Å²) in [5.41, 5.74) is 1.17. The van der Waals surface area contributed by atoms with Crippen molar-refractivity contribution in [1.29, 1.82) is 0 Å². The third-order valence-electron chi connectivity index (χ3n) is 2.99. The molecule has 1 saturated carbocycles. The van der Waals surface area contributed by atoms with Crippen molar-refractivity contribution in [2.24, 2.45) is 5.92 Å². The fourth-order valence-corrected chi connectivity index (χ4v) is 2.42. The maximum absolute atomic E-state index is 6.11. The minimum absolute atomic E-state index is 0.845. The summed E-state index contributed by atoms with van der Waals surface area (Å²) in [4.78, 5) is 0. The van der Waals surface area contributed by atoms with E-state index < -0.39 is 0 Å². The van der Waals surface area contributed by atoms with Gasteiger partial charge in [0, 0.05) is 16.0 Å². The Morgan fingerprint density at radius 1 is 1.38 bits per heavy atom. The lowest BCUT2D eigenvalue weighted by atomic mass is 10.2. The quantitative estimate of drug-likeness (QED) is 0.769. The molecule has 0 saturated heterocycles. The van der Waals surface area contributed by atoms with Gasteiger partial charge in [-0.25, -0.2) is 0 Å². The van der Waals surface area contributed by atoms with Gasteiger partial charge >= 0.3 is 0 Å². The minimum atomic E-state index is 0.845. The van der Waals surface area contributed by atoms with E-state index in [1.807, 2.05) is 12.1 Å². The van der Waals surface area contributed by atoms with Gasteiger partial charge in [0.05, 0.1) is 0 Å². The third-order valence-corrected chi connectivity index (χ3v) is 3.85. The van der Waals surface area contributed by atoms with Gasteiger partial charge in [0.1, 0.15) is 0 Å². The van der Waals surface area contributed by atoms with E-state index in [-0.39, 0.29) is 0 Å². The van der Waals surface area contributed by atoms with Crippen LogP contribution in [-0.2, 0) is 6.54 Å². The zero-order chi connectivity index (χ0) is 11.4. The van der Waals surface area contributed by atoms with Gasteiger partial charge in [0.2, 0.25) is 0 Å². The normalized spacial score (nSPS) is 15.4. The number of hydrogen-bond acceptors (Lipinski definition) is 1. The highest BCUT2D eigenvalue weighted by atomic mass is 79.9. The monoisotopic (exact) mass is 301 g/mol. The minimum Gasteiger partial charge on any atom is -0.313 e. The number of halogens is 2. The van der Waals surface area contributed by atoms with Crippen molar-refractivity contribution in [2.45, 2.75) is 32.2 Å². The van der Waals surface area contributed by atoms with E-state index in [0.717, 1.165) is 28.5 Å². The van der Waals surface area contributed by atoms with Gasteiger partial charge in [0.15, 0.2) is 0 Å². The Morgan fingerprint density at radius 3 is 2.94 bits per heavy atom. The van der Waals surface area contributed by atoms with E-state index >= 15 is 0 Å². The summed E-state index contributed by atoms with van der Waals surface area (Å²) in [5.74, 6) is 1.04. The average molecular weight is 303 g/mol. The topological polar surface area (TPSA) is 12.0 Å². The summed E-state index contributed by atoms with van der Waals surface area (Å²) in [5, 5.41) is 4.29. The molecule has 0 aliphatic heterocycles. The lowest BCUT2D eigenvalue weighted by Crippen LogP contribution is -2.15. The van der Waals surface area contributed by atoms with Crippen molar-refractivity contribution in [3.05, 3.63) is 33.3 Å². The van der Waals surface area contributed by atoms with Crippen molar-refractivity contribution in [3.8, 4) is 0 Å². The molecule has 2 rings (SSSR count). The van der Waals surface area contributed by atoms with Crippen molar-refractivity contribution in [3.63, 3.8) is 0 Å². The van der Waals surface area contributed by atoms with Crippen LogP contribution in [0.15, 0.2) is 22.7 Å². The van der Waals surface area contributed by atoms with Crippen LogP contribution in [0.3, 0.4) is 0 Å². The molecule has 0 aromatic heterocycles. The summed E-state index contributed by atoms with van der Waals surface area (Å²) in [7, 11) is 0. The molecule has 0 bridgehead atoms. The molecule has 1 aliphatic carbocycles. The van der Waals surface area contributed by atoms with Crippen molar-refractivity contribution >= 4 is 27.5 Å². The van der Waals surface area contributed by atoms with Crippen LogP contribution in [0, 0.1) is 5.92 Å². The zero-order valence-corrected chi connectivity index (χ0v) is 11.6. The second-order valence-electron chi connectivity index (χ2n) is 4.50. The van der Waals surface area contributed by atoms with Gasteiger partial charge in [-0.1, -0.05) is 40.4 Å². The summed E-state index contributed by atoms with van der Waals surface area (Å²) >= 11 is 9.57. The molecular weight excluding hydrogens is 286 g/mol. The number of rotatable bonds is 6. The Hall–Kier alpha value is -0.0500. The van der Waals surface area contributed by atoms with Crippen LogP contribution < -0.4 is 5.32 Å². The van der Waals surface area contributed by atoms with Crippen molar-refractivity contribution < 1.29 is 0 Å². The average Bonchev–Trinajstić information content (AvgIpc) is 3.06. The highest BCUT2D eigenvalue weighted by molar-refractivity contribution is 9.10. The molecule has 0 spiro atoms. The first-order chi connectivity index (χ1) is 7.75. The van der Waals surface area contributed by atoms with Crippen molar-refractivity contribution in [2.75, 3.05) is 6.54 Å². The standard InChI is InChI=1S/C13H17BrClN/c14-12-5-6-13(15)11(8-12)9-16-7-1-2-10-3-4-10/h5-6,8,10,16H,1-4,7,9H2. The molecule has 0 radical (unpaired) electrons. The number of benzene rings is 1. The lowest BCUT2D eigenvalue weighted by Gasteiger charge is -2.07. The van der Waals surface area contributed by atoms with Gasteiger partial charge in [-0.2, -0.15) is 0 Å². The van der Waals surface area contributed by atoms with Crippen LogP contribution in [0.4, 0.5) is 0 Å². The zero-order valence-electron chi connectivity index (χ0n) is 9.31. The fourth-order valence-electron chi connectivity index (χ4n) is 1.82. The molecule has 16 heavy (non-hydrogen) atoms. The molecule has 0 unspecified atom stereocenters. The molecule has 1 N–H and O–H groups in total. The Kier molecular flexibility index (Phi) is 4.68. The number of hydrogen-bond donors (Lipinski definition) is 1. The second-order valence-corrected chi connectivity index (χ2v) is 5.82. The van der Waals surface area contributed by atoms with E-state index in [4.69, 9.17) is 11.6 Å². The summed E-state index contributed by atoms with van der Waals surface area (Å²) < 4.78 is 1.09. The SMILES string of the molecule is Clc1ccc(Br)cc1CNCCCC1CC1.